The molecule has 0 bridgehead atoms. The van der Waals surface area contributed by atoms with Crippen molar-refractivity contribution in [2.75, 3.05) is 5.73 Å². The molecule has 4 N–H and O–H groups in total. The van der Waals surface area contributed by atoms with E-state index >= 15 is 0 Å². The van der Waals surface area contributed by atoms with E-state index in [0.29, 0.717) is 11.0 Å². The van der Waals surface area contributed by atoms with Gasteiger partial charge in [0, 0.05) is 5.39 Å². The Morgan fingerprint density at radius 2 is 2.00 bits per heavy atom. The number of carbonyl (C=O) groups excluding carboxylic acids is 1. The number of fused-ring (bicyclic) bond motifs is 1. The molecule has 0 aliphatic carbocycles. The highest BCUT2D eigenvalue weighted by atomic mass is 16.3. The third-order valence-electron chi connectivity index (χ3n) is 1.87. The number of hydrogen-bond acceptors (Lipinski definition) is 3. The Hall–Kier alpha value is -1.97. The fourth-order valence-electron chi connectivity index (χ4n) is 1.32. The van der Waals surface area contributed by atoms with Gasteiger partial charge in [0.2, 0.25) is 5.88 Å². The van der Waals surface area contributed by atoms with E-state index in [-0.39, 0.29) is 11.4 Å². The number of nitrogen functional groups attached to an aromatic ring is 1. The number of carbonyl (C=O) groups is 1. The first-order valence-corrected chi connectivity index (χ1v) is 3.77. The quantitative estimate of drug-likeness (QED) is 0.682. The fraction of sp³-hybridized carbons (Fsp3) is 0. The van der Waals surface area contributed by atoms with Gasteiger partial charge in [0.25, 0.3) is 5.91 Å². The summed E-state index contributed by atoms with van der Waals surface area (Å²) in [6, 6.07) is 7.08. The lowest BCUT2D eigenvalue weighted by Crippen LogP contribution is -2.12. The van der Waals surface area contributed by atoms with E-state index in [1.165, 1.54) is 0 Å². The van der Waals surface area contributed by atoms with Gasteiger partial charge >= 0.3 is 0 Å². The van der Waals surface area contributed by atoms with Crippen LogP contribution in [0.3, 0.4) is 0 Å². The molecule has 0 aliphatic rings. The molecule has 0 radical (unpaired) electrons. The summed E-state index contributed by atoms with van der Waals surface area (Å²) in [6.45, 7) is 0. The first-order chi connectivity index (χ1) is 6.20. The van der Waals surface area contributed by atoms with Crippen molar-refractivity contribution in [1.29, 1.82) is 0 Å². The summed E-state index contributed by atoms with van der Waals surface area (Å²) in [5.41, 5.74) is 11.5. The Labute approximate surface area is 74.1 Å². The highest BCUT2D eigenvalue weighted by molar-refractivity contribution is 6.09. The van der Waals surface area contributed by atoms with E-state index in [1.807, 2.05) is 0 Å². The highest BCUT2D eigenvalue weighted by Gasteiger charge is 2.15. The van der Waals surface area contributed by atoms with E-state index in [2.05, 4.69) is 0 Å². The summed E-state index contributed by atoms with van der Waals surface area (Å²) in [7, 11) is 0. The summed E-state index contributed by atoms with van der Waals surface area (Å²) in [5, 5.41) is 0.660. The standard InChI is InChI=1S/C9H8N2O2/c10-8(12)7-5-3-1-2-4-6(5)13-9(7)11/h1-4H,11H2,(H2,10,12). The predicted molar refractivity (Wildman–Crippen MR) is 49.1 cm³/mol. The molecular weight excluding hydrogens is 168 g/mol. The lowest BCUT2D eigenvalue weighted by molar-refractivity contribution is 0.100. The van der Waals surface area contributed by atoms with Crippen molar-refractivity contribution in [3.63, 3.8) is 0 Å². The zero-order chi connectivity index (χ0) is 9.42. The molecule has 0 aliphatic heterocycles. The van der Waals surface area contributed by atoms with Crippen LogP contribution in [0.2, 0.25) is 0 Å². The molecule has 1 amide bonds. The molecule has 2 rings (SSSR count). The SMILES string of the molecule is NC(=O)c1c(N)oc2ccccc12. The lowest BCUT2D eigenvalue weighted by Gasteiger charge is -1.90. The summed E-state index contributed by atoms with van der Waals surface area (Å²) in [5.74, 6) is -0.490. The smallest absolute Gasteiger partial charge is 0.254 e. The van der Waals surface area contributed by atoms with Crippen molar-refractivity contribution in [2.45, 2.75) is 0 Å². The second-order valence-corrected chi connectivity index (χ2v) is 2.70. The van der Waals surface area contributed by atoms with Crippen molar-refractivity contribution in [3.8, 4) is 0 Å². The van der Waals surface area contributed by atoms with Crippen LogP contribution in [0.1, 0.15) is 10.4 Å². The molecular formula is C9H8N2O2. The second-order valence-electron chi connectivity index (χ2n) is 2.70. The number of anilines is 1. The first kappa shape index (κ1) is 7.67. The van der Waals surface area contributed by atoms with Crippen molar-refractivity contribution in [2.24, 2.45) is 5.73 Å². The molecule has 2 aromatic rings. The fourth-order valence-corrected chi connectivity index (χ4v) is 1.32. The number of rotatable bonds is 1. The number of nitrogens with two attached hydrogens (primary N) is 2. The monoisotopic (exact) mass is 176 g/mol. The molecule has 4 heteroatoms. The van der Waals surface area contributed by atoms with Gasteiger partial charge in [0.15, 0.2) is 0 Å². The van der Waals surface area contributed by atoms with Gasteiger partial charge in [-0.05, 0) is 6.07 Å². The van der Waals surface area contributed by atoms with Gasteiger partial charge < -0.3 is 15.9 Å². The summed E-state index contributed by atoms with van der Waals surface area (Å²) < 4.78 is 5.14. The molecule has 4 nitrogen and oxygen atoms in total. The number of amides is 1. The van der Waals surface area contributed by atoms with Gasteiger partial charge in [-0.3, -0.25) is 4.79 Å². The topological polar surface area (TPSA) is 82.2 Å². The third kappa shape index (κ3) is 1.03. The van der Waals surface area contributed by atoms with Crippen LogP contribution >= 0.6 is 0 Å². The van der Waals surface area contributed by atoms with Gasteiger partial charge in [0.05, 0.1) is 0 Å². The van der Waals surface area contributed by atoms with Crippen molar-refractivity contribution < 1.29 is 9.21 Å². The molecule has 0 atom stereocenters. The van der Waals surface area contributed by atoms with Crippen LogP contribution in [0.4, 0.5) is 5.88 Å². The van der Waals surface area contributed by atoms with Crippen molar-refractivity contribution in [1.82, 2.24) is 0 Å². The maximum absolute atomic E-state index is 11.0. The van der Waals surface area contributed by atoms with Gasteiger partial charge in [-0.1, -0.05) is 18.2 Å². The second kappa shape index (κ2) is 2.52. The Morgan fingerprint density at radius 3 is 2.69 bits per heavy atom. The van der Waals surface area contributed by atoms with E-state index < -0.39 is 5.91 Å². The normalized spacial score (nSPS) is 10.5. The van der Waals surface area contributed by atoms with Crippen LogP contribution < -0.4 is 11.5 Å². The summed E-state index contributed by atoms with van der Waals surface area (Å²) in [6.07, 6.45) is 0. The molecule has 0 spiro atoms. The number of hydrogen-bond donors (Lipinski definition) is 2. The average Bonchev–Trinajstić information content (AvgIpc) is 2.39. The van der Waals surface area contributed by atoms with Crippen LogP contribution in [0, 0.1) is 0 Å². The number of primary amides is 1. The molecule has 0 fully saturated rings. The lowest BCUT2D eigenvalue weighted by atomic mass is 10.1. The van der Waals surface area contributed by atoms with Gasteiger partial charge in [-0.2, -0.15) is 0 Å². The Balaban J connectivity index is 2.86. The predicted octanol–water partition coefficient (Wildman–Crippen LogP) is 1.11. The number of para-hydroxylation sites is 1. The molecule has 1 heterocycles. The first-order valence-electron chi connectivity index (χ1n) is 3.77. The largest absolute Gasteiger partial charge is 0.440 e. The minimum atomic E-state index is -0.567. The van der Waals surface area contributed by atoms with Gasteiger partial charge in [-0.15, -0.1) is 0 Å². The average molecular weight is 176 g/mol. The van der Waals surface area contributed by atoms with Crippen LogP contribution in [0.25, 0.3) is 11.0 Å². The maximum Gasteiger partial charge on any atom is 0.254 e. The van der Waals surface area contributed by atoms with Crippen LogP contribution in [0.15, 0.2) is 28.7 Å². The van der Waals surface area contributed by atoms with Gasteiger partial charge in [-0.25, -0.2) is 0 Å². The van der Waals surface area contributed by atoms with E-state index in [0.717, 1.165) is 0 Å². The zero-order valence-corrected chi connectivity index (χ0v) is 6.78. The Bertz CT molecular complexity index is 473. The van der Waals surface area contributed by atoms with Gasteiger partial charge in [0.1, 0.15) is 11.1 Å². The van der Waals surface area contributed by atoms with Crippen LogP contribution in [-0.4, -0.2) is 5.91 Å². The van der Waals surface area contributed by atoms with E-state index in [9.17, 15) is 4.79 Å². The Kier molecular flexibility index (Phi) is 1.48. The maximum atomic E-state index is 11.0. The van der Waals surface area contributed by atoms with Crippen molar-refractivity contribution in [3.05, 3.63) is 29.8 Å². The molecule has 0 unspecified atom stereocenters. The highest BCUT2D eigenvalue weighted by Crippen LogP contribution is 2.26. The summed E-state index contributed by atoms with van der Waals surface area (Å²) in [4.78, 5) is 11.0. The van der Waals surface area contributed by atoms with Crippen LogP contribution in [-0.2, 0) is 0 Å². The molecule has 1 aromatic heterocycles. The zero-order valence-electron chi connectivity index (χ0n) is 6.78. The molecule has 0 saturated heterocycles. The minimum absolute atomic E-state index is 0.0775. The Morgan fingerprint density at radius 1 is 1.31 bits per heavy atom. The third-order valence-corrected chi connectivity index (χ3v) is 1.87. The molecule has 66 valence electrons. The van der Waals surface area contributed by atoms with E-state index in [1.54, 1.807) is 24.3 Å². The summed E-state index contributed by atoms with van der Waals surface area (Å²) >= 11 is 0. The van der Waals surface area contributed by atoms with Crippen molar-refractivity contribution >= 4 is 22.8 Å². The van der Waals surface area contributed by atoms with E-state index in [4.69, 9.17) is 15.9 Å². The number of benzene rings is 1. The molecule has 1 aromatic carbocycles. The van der Waals surface area contributed by atoms with Crippen LogP contribution in [0.5, 0.6) is 0 Å². The molecule has 0 saturated carbocycles. The minimum Gasteiger partial charge on any atom is -0.440 e. The number of furan rings is 1. The molecule has 13 heavy (non-hydrogen) atoms.